The largest absolute Gasteiger partial charge is 0.496 e. The number of anilines is 1. The summed E-state index contributed by atoms with van der Waals surface area (Å²) in [5.74, 6) is -2.73. The average Bonchev–Trinajstić information content (AvgIpc) is 2.91. The number of halogens is 4. The van der Waals surface area contributed by atoms with Gasteiger partial charge in [0.15, 0.2) is 11.6 Å². The number of esters is 1. The molecule has 13 heteroatoms. The molecule has 0 bridgehead atoms. The van der Waals surface area contributed by atoms with E-state index in [1.165, 1.54) is 44.6 Å². The second kappa shape index (κ2) is 13.7. The van der Waals surface area contributed by atoms with Gasteiger partial charge in [0.2, 0.25) is 5.91 Å². The van der Waals surface area contributed by atoms with Gasteiger partial charge in [-0.05, 0) is 67.6 Å². The smallest absolute Gasteiger partial charge is 0.446 e. The Morgan fingerprint density at radius 3 is 2.45 bits per heavy atom. The van der Waals surface area contributed by atoms with Crippen molar-refractivity contribution >= 4 is 35.2 Å². The van der Waals surface area contributed by atoms with E-state index >= 15 is 0 Å². The van der Waals surface area contributed by atoms with E-state index in [0.29, 0.717) is 25.7 Å². The van der Waals surface area contributed by atoms with E-state index in [1.807, 2.05) is 0 Å². The van der Waals surface area contributed by atoms with E-state index in [2.05, 4.69) is 15.4 Å². The number of ether oxygens (including phenoxy) is 3. The molecule has 0 heterocycles. The van der Waals surface area contributed by atoms with E-state index < -0.39 is 35.1 Å². The van der Waals surface area contributed by atoms with Crippen LogP contribution in [0.4, 0.5) is 23.2 Å². The van der Waals surface area contributed by atoms with Crippen molar-refractivity contribution < 1.29 is 46.2 Å². The number of carbonyl (C=O) groups excluding carboxylic acids is 3. The molecular formula is C29H32F4N2O6S. The highest BCUT2D eigenvalue weighted by atomic mass is 32.2. The van der Waals surface area contributed by atoms with Crippen LogP contribution in [0.2, 0.25) is 0 Å². The van der Waals surface area contributed by atoms with Crippen LogP contribution >= 0.6 is 11.8 Å². The van der Waals surface area contributed by atoms with Crippen LogP contribution in [0.5, 0.6) is 11.5 Å². The van der Waals surface area contributed by atoms with Gasteiger partial charge in [0.05, 0.1) is 31.8 Å². The minimum atomic E-state index is -4.46. The number of hydrogen-bond acceptors (Lipinski definition) is 7. The number of rotatable bonds is 10. The van der Waals surface area contributed by atoms with Crippen molar-refractivity contribution in [3.63, 3.8) is 0 Å². The maximum absolute atomic E-state index is 14.8. The molecule has 2 fully saturated rings. The predicted molar refractivity (Wildman–Crippen MR) is 147 cm³/mol. The number of methoxy groups -OCH3 is 2. The molecule has 42 heavy (non-hydrogen) atoms. The Kier molecular flexibility index (Phi) is 10.2. The van der Waals surface area contributed by atoms with E-state index in [1.54, 1.807) is 0 Å². The number of amides is 2. The molecular weight excluding hydrogens is 580 g/mol. The number of benzene rings is 2. The molecule has 8 nitrogen and oxygen atoms in total. The third-order valence-corrected chi connectivity index (χ3v) is 8.14. The van der Waals surface area contributed by atoms with Gasteiger partial charge in [-0.2, -0.15) is 13.2 Å². The fourth-order valence-electron chi connectivity index (χ4n) is 5.28. The van der Waals surface area contributed by atoms with Crippen LogP contribution in [0.1, 0.15) is 55.3 Å². The van der Waals surface area contributed by atoms with Gasteiger partial charge in [-0.25, -0.2) is 4.39 Å². The summed E-state index contributed by atoms with van der Waals surface area (Å²) in [7, 11) is 2.62. The maximum atomic E-state index is 14.8. The summed E-state index contributed by atoms with van der Waals surface area (Å²) >= 11 is -0.274. The van der Waals surface area contributed by atoms with E-state index in [9.17, 15) is 31.9 Å². The van der Waals surface area contributed by atoms with Gasteiger partial charge in [0, 0.05) is 29.1 Å². The molecule has 2 aromatic rings. The molecule has 0 aromatic heterocycles. The van der Waals surface area contributed by atoms with Crippen molar-refractivity contribution in [2.75, 3.05) is 19.5 Å². The van der Waals surface area contributed by atoms with Crippen LogP contribution in [0, 0.1) is 17.7 Å². The van der Waals surface area contributed by atoms with Gasteiger partial charge in [-0.3, -0.25) is 14.4 Å². The van der Waals surface area contributed by atoms with E-state index in [0.717, 1.165) is 18.9 Å². The first-order valence-electron chi connectivity index (χ1n) is 13.5. The molecule has 228 valence electrons. The second-order valence-electron chi connectivity index (χ2n) is 10.4. The Morgan fingerprint density at radius 2 is 1.76 bits per heavy atom. The Bertz CT molecular complexity index is 1300. The zero-order chi connectivity index (χ0) is 30.4. The van der Waals surface area contributed by atoms with E-state index in [-0.39, 0.29) is 63.8 Å². The van der Waals surface area contributed by atoms with Crippen LogP contribution in [0.3, 0.4) is 0 Å². The summed E-state index contributed by atoms with van der Waals surface area (Å²) in [6.45, 7) is 0. The van der Waals surface area contributed by atoms with Gasteiger partial charge in [0.1, 0.15) is 5.75 Å². The fourth-order valence-corrected chi connectivity index (χ4v) is 5.88. The molecule has 0 radical (unpaired) electrons. The quantitative estimate of drug-likeness (QED) is 0.190. The highest BCUT2D eigenvalue weighted by Crippen LogP contribution is 2.38. The Balaban J connectivity index is 1.43. The zero-order valence-electron chi connectivity index (χ0n) is 23.1. The lowest BCUT2D eigenvalue weighted by molar-refractivity contribution is -0.143. The summed E-state index contributed by atoms with van der Waals surface area (Å²) in [4.78, 5) is 37.9. The molecule has 0 aliphatic heterocycles. The lowest BCUT2D eigenvalue weighted by Gasteiger charge is -2.35. The highest BCUT2D eigenvalue weighted by Gasteiger charge is 2.35. The Morgan fingerprint density at radius 1 is 1.02 bits per heavy atom. The summed E-state index contributed by atoms with van der Waals surface area (Å²) in [5, 5.41) is 5.55. The second-order valence-corrected chi connectivity index (χ2v) is 11.5. The third-order valence-electron chi connectivity index (χ3n) is 7.42. The van der Waals surface area contributed by atoms with Crippen molar-refractivity contribution in [3.05, 3.63) is 47.8 Å². The normalized spacial score (nSPS) is 22.0. The Labute approximate surface area is 244 Å². The van der Waals surface area contributed by atoms with E-state index in [4.69, 9.17) is 9.47 Å². The molecule has 2 aliphatic carbocycles. The van der Waals surface area contributed by atoms with Gasteiger partial charge < -0.3 is 24.8 Å². The summed E-state index contributed by atoms with van der Waals surface area (Å²) in [5.41, 5.74) is -4.21. The average molecular weight is 613 g/mol. The van der Waals surface area contributed by atoms with Gasteiger partial charge in [-0.1, -0.05) is 18.9 Å². The number of thioether (sulfide) groups is 1. The summed E-state index contributed by atoms with van der Waals surface area (Å²) in [6, 6.07) is 7.23. The fraction of sp³-hybridized carbons (Fsp3) is 0.483. The molecule has 2 N–H and O–H groups in total. The van der Waals surface area contributed by atoms with Crippen molar-refractivity contribution in [1.29, 1.82) is 0 Å². The molecule has 2 atom stereocenters. The van der Waals surface area contributed by atoms with Gasteiger partial charge >= 0.3 is 11.5 Å². The van der Waals surface area contributed by atoms with Crippen LogP contribution in [0.25, 0.3) is 0 Å². The van der Waals surface area contributed by atoms with Crippen LogP contribution in [-0.2, 0) is 14.3 Å². The minimum absolute atomic E-state index is 0.00897. The number of carbonyl (C=O) groups is 3. The monoisotopic (exact) mass is 612 g/mol. The summed E-state index contributed by atoms with van der Waals surface area (Å²) < 4.78 is 68.8. The van der Waals surface area contributed by atoms with Crippen molar-refractivity contribution in [1.82, 2.24) is 5.32 Å². The van der Waals surface area contributed by atoms with Crippen LogP contribution in [0.15, 0.2) is 41.3 Å². The topological polar surface area (TPSA) is 103 Å². The lowest BCUT2D eigenvalue weighted by atomic mass is 9.80. The molecule has 2 aromatic carbocycles. The number of alkyl halides is 3. The molecule has 0 spiro atoms. The first-order chi connectivity index (χ1) is 20.0. The van der Waals surface area contributed by atoms with Crippen molar-refractivity contribution in [2.45, 2.75) is 67.5 Å². The van der Waals surface area contributed by atoms with Gasteiger partial charge in [-0.15, -0.1) is 0 Å². The van der Waals surface area contributed by atoms with Crippen molar-refractivity contribution in [3.8, 4) is 11.5 Å². The molecule has 2 amide bonds. The number of nitrogens with one attached hydrogen (secondary N) is 2. The zero-order valence-corrected chi connectivity index (χ0v) is 23.9. The van der Waals surface area contributed by atoms with Crippen LogP contribution in [-0.4, -0.2) is 49.7 Å². The summed E-state index contributed by atoms with van der Waals surface area (Å²) in [6.07, 6.45) is 3.49. The first-order valence-corrected chi connectivity index (χ1v) is 14.4. The standard InChI is InChI=1S/C29H32F4N2O6S/c1-39-24-15-22(30)25(41-18-10-16(11-18)12-26(36)40-2)14-21(24)28(38)35-23-9-4-3-8-20(23)27(37)34-17-6-5-7-19(13-17)42-29(31,32)33/h5-7,13-16,18,20,23H,3-4,8-12H2,1-2H3,(H,34,37)(H,35,38). The lowest BCUT2D eigenvalue weighted by Crippen LogP contribution is -2.46. The molecule has 0 saturated heterocycles. The van der Waals surface area contributed by atoms with Crippen LogP contribution < -0.4 is 20.1 Å². The first kappa shape index (κ1) is 31.5. The number of hydrogen-bond donors (Lipinski definition) is 2. The Hall–Kier alpha value is -3.48. The minimum Gasteiger partial charge on any atom is -0.496 e. The molecule has 2 unspecified atom stereocenters. The molecule has 2 aliphatic rings. The molecule has 2 saturated carbocycles. The SMILES string of the molecule is COC(=O)CC1CC(Oc2cc(C(=O)NC3CCCCC3C(=O)Nc3cccc(SC(F)(F)F)c3)c(OC)cc2F)C1. The van der Waals surface area contributed by atoms with Crippen molar-refractivity contribution in [2.24, 2.45) is 11.8 Å². The highest BCUT2D eigenvalue weighted by molar-refractivity contribution is 8.00. The maximum Gasteiger partial charge on any atom is 0.446 e. The molecule has 4 rings (SSSR count). The van der Waals surface area contributed by atoms with Gasteiger partial charge in [0.25, 0.3) is 5.91 Å². The third kappa shape index (κ3) is 8.30. The predicted octanol–water partition coefficient (Wildman–Crippen LogP) is 6.09.